The van der Waals surface area contributed by atoms with E-state index in [1.807, 2.05) is 31.2 Å². The number of nitrogens with two attached hydrogens (primary N) is 1. The Morgan fingerprint density at radius 1 is 1.04 bits per heavy atom. The summed E-state index contributed by atoms with van der Waals surface area (Å²) >= 11 is -2.31. The predicted octanol–water partition coefficient (Wildman–Crippen LogP) is 4.54. The lowest BCUT2D eigenvalue weighted by molar-refractivity contribution is -0.384. The van der Waals surface area contributed by atoms with E-state index in [9.17, 15) is 18.9 Å². The quantitative estimate of drug-likeness (QED) is 0.290. The Kier molecular flexibility index (Phi) is 5.20. The molecule has 3 rings (SSSR count). The van der Waals surface area contributed by atoms with Gasteiger partial charge in [0.15, 0.2) is 11.1 Å². The third-order valence-corrected chi connectivity index (χ3v) is 4.65. The Morgan fingerprint density at radius 3 is 2.33 bits per heavy atom. The molecule has 8 heteroatoms. The first-order chi connectivity index (χ1) is 12.9. The molecule has 0 aliphatic rings. The van der Waals surface area contributed by atoms with Crippen molar-refractivity contribution in [2.24, 2.45) is 0 Å². The second kappa shape index (κ2) is 7.56. The average molecular weight is 383 g/mol. The van der Waals surface area contributed by atoms with E-state index in [4.69, 9.17) is 5.73 Å². The van der Waals surface area contributed by atoms with E-state index >= 15 is 0 Å². The maximum Gasteiger partial charge on any atom is 0.294 e. The first kappa shape index (κ1) is 18.6. The third kappa shape index (κ3) is 3.97. The van der Waals surface area contributed by atoms with Gasteiger partial charge >= 0.3 is 0 Å². The summed E-state index contributed by atoms with van der Waals surface area (Å²) in [6.45, 7) is 1.93. The molecule has 3 aromatic rings. The molecule has 1 atom stereocenters. The molecule has 0 spiro atoms. The highest BCUT2D eigenvalue weighted by Crippen LogP contribution is 2.41. The van der Waals surface area contributed by atoms with Crippen molar-refractivity contribution < 1.29 is 13.7 Å². The van der Waals surface area contributed by atoms with Crippen LogP contribution in [0.1, 0.15) is 5.56 Å². The maximum atomic E-state index is 11.7. The van der Waals surface area contributed by atoms with Gasteiger partial charge < -0.3 is 15.2 Å². The molecule has 0 saturated heterocycles. The Morgan fingerprint density at radius 2 is 1.74 bits per heavy atom. The molecule has 1 unspecified atom stereocenters. The van der Waals surface area contributed by atoms with Gasteiger partial charge in [0.05, 0.1) is 9.82 Å². The molecule has 0 heterocycles. The smallest absolute Gasteiger partial charge is 0.294 e. The molecule has 7 nitrogen and oxygen atoms in total. The molecule has 0 amide bonds. The maximum absolute atomic E-state index is 11.7. The minimum atomic E-state index is -2.31. The Labute approximate surface area is 158 Å². The zero-order valence-electron chi connectivity index (χ0n) is 14.4. The number of rotatable bonds is 5. The SMILES string of the molecule is Cc1cccc(N(c2ccc(N)cc2)c2ccc(S(=O)O)cc2[N+](=O)[O-])c1. The molecule has 0 aromatic heterocycles. The van der Waals surface area contributed by atoms with Crippen molar-refractivity contribution in [3.63, 3.8) is 0 Å². The summed E-state index contributed by atoms with van der Waals surface area (Å²) in [4.78, 5) is 12.8. The lowest BCUT2D eigenvalue weighted by Crippen LogP contribution is -2.12. The van der Waals surface area contributed by atoms with Gasteiger partial charge in [0.25, 0.3) is 5.69 Å². The molecule has 3 aromatic carbocycles. The van der Waals surface area contributed by atoms with Gasteiger partial charge in [-0.15, -0.1) is 0 Å². The van der Waals surface area contributed by atoms with Crippen LogP contribution < -0.4 is 10.6 Å². The van der Waals surface area contributed by atoms with Gasteiger partial charge in [-0.1, -0.05) is 12.1 Å². The zero-order valence-corrected chi connectivity index (χ0v) is 15.2. The van der Waals surface area contributed by atoms with Crippen molar-refractivity contribution >= 4 is 39.5 Å². The van der Waals surface area contributed by atoms with Gasteiger partial charge in [-0.05, 0) is 61.0 Å². The summed E-state index contributed by atoms with van der Waals surface area (Å²) in [6, 6.07) is 18.5. The number of anilines is 4. The van der Waals surface area contributed by atoms with Gasteiger partial charge in [-0.3, -0.25) is 10.1 Å². The van der Waals surface area contributed by atoms with E-state index in [-0.39, 0.29) is 16.3 Å². The Bertz CT molecular complexity index is 1020. The summed E-state index contributed by atoms with van der Waals surface area (Å²) in [6.07, 6.45) is 0. The largest absolute Gasteiger partial charge is 0.399 e. The van der Waals surface area contributed by atoms with Crippen LogP contribution in [0.25, 0.3) is 0 Å². The van der Waals surface area contributed by atoms with Crippen molar-refractivity contribution in [3.05, 3.63) is 82.4 Å². The first-order valence-electron chi connectivity index (χ1n) is 7.98. The second-order valence-corrected chi connectivity index (χ2v) is 6.89. The third-order valence-electron chi connectivity index (χ3n) is 4.00. The van der Waals surface area contributed by atoms with Crippen LogP contribution in [0.3, 0.4) is 0 Å². The molecule has 3 N–H and O–H groups in total. The van der Waals surface area contributed by atoms with E-state index in [0.29, 0.717) is 11.4 Å². The molecule has 0 radical (unpaired) electrons. The van der Waals surface area contributed by atoms with E-state index in [2.05, 4.69) is 0 Å². The highest BCUT2D eigenvalue weighted by molar-refractivity contribution is 7.79. The molecule has 0 aliphatic heterocycles. The monoisotopic (exact) mass is 383 g/mol. The molecule has 0 saturated carbocycles. The summed E-state index contributed by atoms with van der Waals surface area (Å²) < 4.78 is 20.6. The number of nitro benzene ring substituents is 1. The van der Waals surface area contributed by atoms with Crippen molar-refractivity contribution in [3.8, 4) is 0 Å². The van der Waals surface area contributed by atoms with Crippen LogP contribution in [0.5, 0.6) is 0 Å². The van der Waals surface area contributed by atoms with E-state index in [1.54, 1.807) is 29.2 Å². The number of hydrogen-bond donors (Lipinski definition) is 2. The minimum absolute atomic E-state index is 0.0352. The molecular formula is C19H17N3O4S. The van der Waals surface area contributed by atoms with Gasteiger partial charge in [-0.2, -0.15) is 0 Å². The van der Waals surface area contributed by atoms with Crippen LogP contribution in [0.2, 0.25) is 0 Å². The first-order valence-corrected chi connectivity index (χ1v) is 9.09. The Balaban J connectivity index is 2.26. The standard InChI is InChI=1S/C19H17N3O4S/c1-13-3-2-4-16(11-13)21(15-7-5-14(20)6-8-15)18-10-9-17(27(25)26)12-19(18)22(23)24/h2-12H,20H2,1H3,(H,25,26). The number of aryl methyl sites for hydroxylation is 1. The minimum Gasteiger partial charge on any atom is -0.399 e. The normalized spacial score (nSPS) is 11.8. The van der Waals surface area contributed by atoms with Gasteiger partial charge in [-0.25, -0.2) is 4.21 Å². The molecule has 27 heavy (non-hydrogen) atoms. The van der Waals surface area contributed by atoms with Crippen molar-refractivity contribution in [1.82, 2.24) is 0 Å². The van der Waals surface area contributed by atoms with Crippen LogP contribution in [-0.2, 0) is 11.1 Å². The fraction of sp³-hybridized carbons (Fsp3) is 0.0526. The van der Waals surface area contributed by atoms with Crippen LogP contribution in [0.15, 0.2) is 71.6 Å². The van der Waals surface area contributed by atoms with Crippen LogP contribution >= 0.6 is 0 Å². The lowest BCUT2D eigenvalue weighted by Gasteiger charge is -2.25. The van der Waals surface area contributed by atoms with E-state index in [1.165, 1.54) is 12.1 Å². The highest BCUT2D eigenvalue weighted by Gasteiger charge is 2.24. The van der Waals surface area contributed by atoms with Crippen LogP contribution in [0, 0.1) is 17.0 Å². The molecule has 0 fully saturated rings. The van der Waals surface area contributed by atoms with Crippen molar-refractivity contribution in [2.75, 3.05) is 10.6 Å². The second-order valence-electron chi connectivity index (χ2n) is 5.92. The number of hydrogen-bond acceptors (Lipinski definition) is 5. The molecule has 0 aliphatic carbocycles. The molecule has 0 bridgehead atoms. The Hall–Kier alpha value is -3.23. The fourth-order valence-electron chi connectivity index (χ4n) is 2.76. The zero-order chi connectivity index (χ0) is 19.6. The summed E-state index contributed by atoms with van der Waals surface area (Å²) in [7, 11) is 0. The van der Waals surface area contributed by atoms with Crippen molar-refractivity contribution in [2.45, 2.75) is 11.8 Å². The number of nitrogens with zero attached hydrogens (tertiary/aromatic N) is 2. The van der Waals surface area contributed by atoms with Crippen LogP contribution in [-0.4, -0.2) is 13.7 Å². The molecular weight excluding hydrogens is 366 g/mol. The summed E-state index contributed by atoms with van der Waals surface area (Å²) in [5.74, 6) is 0. The van der Waals surface area contributed by atoms with E-state index < -0.39 is 16.0 Å². The highest BCUT2D eigenvalue weighted by atomic mass is 32.2. The topological polar surface area (TPSA) is 110 Å². The van der Waals surface area contributed by atoms with Crippen molar-refractivity contribution in [1.29, 1.82) is 0 Å². The number of nitro groups is 1. The van der Waals surface area contributed by atoms with E-state index in [0.717, 1.165) is 17.3 Å². The number of benzene rings is 3. The molecule has 138 valence electrons. The van der Waals surface area contributed by atoms with Gasteiger partial charge in [0.2, 0.25) is 0 Å². The van der Waals surface area contributed by atoms with Gasteiger partial charge in [0.1, 0.15) is 5.69 Å². The van der Waals surface area contributed by atoms with Gasteiger partial charge in [0, 0.05) is 23.1 Å². The number of nitrogen functional groups attached to an aromatic ring is 1. The fourth-order valence-corrected chi connectivity index (χ4v) is 3.16. The summed E-state index contributed by atoms with van der Waals surface area (Å²) in [5.41, 5.74) is 8.74. The lowest BCUT2D eigenvalue weighted by atomic mass is 10.1. The van der Waals surface area contributed by atoms with Crippen LogP contribution in [0.4, 0.5) is 28.4 Å². The average Bonchev–Trinajstić information content (AvgIpc) is 2.63. The summed E-state index contributed by atoms with van der Waals surface area (Å²) in [5, 5.41) is 11.7. The predicted molar refractivity (Wildman–Crippen MR) is 106 cm³/mol.